The second-order valence-electron chi connectivity index (χ2n) is 16.2. The lowest BCUT2D eigenvalue weighted by Crippen LogP contribution is -2.13. The zero-order valence-electron chi connectivity index (χ0n) is 30.6. The Labute approximate surface area is 309 Å². The van der Waals surface area contributed by atoms with Gasteiger partial charge in [-0.1, -0.05) is 187 Å². The maximum absolute atomic E-state index is 6.90. The largest absolute Gasteiger partial charge is 0.0840 e. The van der Waals surface area contributed by atoms with E-state index in [1.165, 1.54) is 56.6 Å². The number of allylic oxidation sites excluding steroid dienone is 16. The van der Waals surface area contributed by atoms with Crippen molar-refractivity contribution in [2.24, 2.45) is 11.8 Å². The van der Waals surface area contributed by atoms with E-state index in [-0.39, 0.29) is 22.7 Å². The summed E-state index contributed by atoms with van der Waals surface area (Å²) in [5.41, 5.74) is 14.1. The van der Waals surface area contributed by atoms with Gasteiger partial charge in [0.1, 0.15) is 0 Å². The molecule has 0 fully saturated rings. The fourth-order valence-electron chi connectivity index (χ4n) is 8.21. The van der Waals surface area contributed by atoms with Gasteiger partial charge >= 0.3 is 0 Å². The van der Waals surface area contributed by atoms with Crippen LogP contribution in [-0.4, -0.2) is 9.52 Å². The van der Waals surface area contributed by atoms with Crippen LogP contribution >= 0.6 is 23.2 Å². The van der Waals surface area contributed by atoms with Gasteiger partial charge in [-0.15, -0.1) is 0 Å². The fourth-order valence-corrected chi connectivity index (χ4v) is 10.9. The zero-order chi connectivity index (χ0) is 35.1. The van der Waals surface area contributed by atoms with E-state index in [0.29, 0.717) is 11.8 Å². The molecule has 0 saturated carbocycles. The SMILES string of the molecule is CCC1=CC2=C(C=CC=CC2c2ccc(C(C)(C)C)c(Cl)c2)C1C[Si]CC1C(CC)=CC2=C1C=CC=CC2c1ccc(C(C)(C)C)c(Cl)c1. The third-order valence-electron chi connectivity index (χ3n) is 10.9. The van der Waals surface area contributed by atoms with Crippen molar-refractivity contribution in [1.82, 2.24) is 0 Å². The third kappa shape index (κ3) is 7.32. The van der Waals surface area contributed by atoms with E-state index < -0.39 is 0 Å². The van der Waals surface area contributed by atoms with Gasteiger partial charge in [-0.05, 0) is 80.4 Å². The van der Waals surface area contributed by atoms with Crippen LogP contribution in [0.1, 0.15) is 102 Å². The summed E-state index contributed by atoms with van der Waals surface area (Å²) in [6.07, 6.45) is 25.7. The van der Waals surface area contributed by atoms with Gasteiger partial charge in [0.15, 0.2) is 0 Å². The molecule has 2 radical (unpaired) electrons. The minimum atomic E-state index is 0.0217. The number of benzene rings is 2. The Morgan fingerprint density at radius 3 is 1.33 bits per heavy atom. The zero-order valence-corrected chi connectivity index (χ0v) is 33.1. The van der Waals surface area contributed by atoms with Gasteiger partial charge in [0.25, 0.3) is 0 Å². The lowest BCUT2D eigenvalue weighted by molar-refractivity contribution is 0.590. The standard InChI is InChI=1S/C46H52Cl2Si/c1-9-29-23-37-33(31-19-21-41(43(47)25-31)45(3,4)5)15-11-13-17-35(37)39(29)27-49-28-40-30(10-2)24-38-34(16-12-14-18-36(38)40)32-20-22-42(44(48)26-32)46(6,7)8/h11-26,33-34,39-40H,9-10,27-28H2,1-8H3. The van der Waals surface area contributed by atoms with Gasteiger partial charge in [0.05, 0.1) is 0 Å². The molecule has 2 aromatic rings. The summed E-state index contributed by atoms with van der Waals surface area (Å²) in [4.78, 5) is 0. The van der Waals surface area contributed by atoms with Crippen LogP contribution in [0.25, 0.3) is 0 Å². The first-order valence-electron chi connectivity index (χ1n) is 18.2. The molecule has 0 N–H and O–H groups in total. The van der Waals surface area contributed by atoms with Crippen molar-refractivity contribution in [2.45, 2.75) is 103 Å². The molecular formula is C46H52Cl2Si. The Kier molecular flexibility index (Phi) is 10.6. The van der Waals surface area contributed by atoms with E-state index in [9.17, 15) is 0 Å². The summed E-state index contributed by atoms with van der Waals surface area (Å²) in [6, 6.07) is 15.9. The quantitative estimate of drug-likeness (QED) is 0.240. The molecule has 4 aliphatic rings. The van der Waals surface area contributed by atoms with E-state index in [2.05, 4.69) is 153 Å². The van der Waals surface area contributed by atoms with E-state index in [0.717, 1.165) is 32.4 Å². The highest BCUT2D eigenvalue weighted by molar-refractivity contribution is 6.36. The number of halogens is 2. The van der Waals surface area contributed by atoms with Crippen molar-refractivity contribution in [1.29, 1.82) is 0 Å². The highest BCUT2D eigenvalue weighted by Gasteiger charge is 2.33. The normalized spacial score (nSPS) is 23.5. The maximum Gasteiger partial charge on any atom is 0.0446 e. The molecule has 6 rings (SSSR count). The van der Waals surface area contributed by atoms with Crippen LogP contribution in [0.15, 0.2) is 131 Å². The maximum atomic E-state index is 6.90. The van der Waals surface area contributed by atoms with Crippen LogP contribution in [0.3, 0.4) is 0 Å². The summed E-state index contributed by atoms with van der Waals surface area (Å²) in [5, 5.41) is 1.74. The molecule has 0 aromatic heterocycles. The van der Waals surface area contributed by atoms with Crippen LogP contribution in [0.4, 0.5) is 0 Å². The summed E-state index contributed by atoms with van der Waals surface area (Å²) >= 11 is 13.8. The lowest BCUT2D eigenvalue weighted by Gasteiger charge is -2.23. The first-order valence-corrected chi connectivity index (χ1v) is 20.4. The summed E-state index contributed by atoms with van der Waals surface area (Å²) < 4.78 is 0. The predicted molar refractivity (Wildman–Crippen MR) is 215 cm³/mol. The number of hydrogen-bond donors (Lipinski definition) is 0. The molecule has 3 heteroatoms. The summed E-state index contributed by atoms with van der Waals surface area (Å²) in [7, 11) is 0.878. The summed E-state index contributed by atoms with van der Waals surface area (Å²) in [6.45, 7) is 18.0. The number of rotatable bonds is 8. The van der Waals surface area contributed by atoms with Gasteiger partial charge in [-0.2, -0.15) is 0 Å². The molecule has 0 heterocycles. The molecule has 0 bridgehead atoms. The molecule has 254 valence electrons. The van der Waals surface area contributed by atoms with E-state index in [4.69, 9.17) is 23.2 Å². The average molecular weight is 704 g/mol. The molecule has 0 saturated heterocycles. The Hall–Kier alpha value is -2.84. The predicted octanol–water partition coefficient (Wildman–Crippen LogP) is 13.8. The fraction of sp³-hybridized carbons (Fsp3) is 0.391. The highest BCUT2D eigenvalue weighted by atomic mass is 35.5. The first-order chi connectivity index (χ1) is 23.3. The Balaban J connectivity index is 1.23. The molecule has 0 nitrogen and oxygen atoms in total. The van der Waals surface area contributed by atoms with Crippen LogP contribution in [0.5, 0.6) is 0 Å². The minimum Gasteiger partial charge on any atom is -0.0840 e. The van der Waals surface area contributed by atoms with Crippen LogP contribution in [0, 0.1) is 11.8 Å². The average Bonchev–Trinajstić information content (AvgIpc) is 3.37. The van der Waals surface area contributed by atoms with Crippen LogP contribution in [0.2, 0.25) is 22.1 Å². The van der Waals surface area contributed by atoms with Crippen LogP contribution < -0.4 is 0 Å². The Morgan fingerprint density at radius 1 is 0.571 bits per heavy atom. The molecule has 4 unspecified atom stereocenters. The molecule has 4 atom stereocenters. The van der Waals surface area contributed by atoms with Crippen molar-refractivity contribution < 1.29 is 0 Å². The Bertz CT molecular complexity index is 1720. The minimum absolute atomic E-state index is 0.0217. The van der Waals surface area contributed by atoms with Gasteiger partial charge in [-0.25, -0.2) is 0 Å². The monoisotopic (exact) mass is 702 g/mol. The highest BCUT2D eigenvalue weighted by Crippen LogP contribution is 2.48. The second-order valence-corrected chi connectivity index (χ2v) is 18.3. The van der Waals surface area contributed by atoms with Crippen molar-refractivity contribution in [3.63, 3.8) is 0 Å². The third-order valence-corrected chi connectivity index (χ3v) is 12.9. The molecule has 0 spiro atoms. The van der Waals surface area contributed by atoms with Crippen molar-refractivity contribution in [3.8, 4) is 0 Å². The van der Waals surface area contributed by atoms with E-state index >= 15 is 0 Å². The van der Waals surface area contributed by atoms with Gasteiger partial charge in [0.2, 0.25) is 0 Å². The van der Waals surface area contributed by atoms with Gasteiger partial charge < -0.3 is 0 Å². The smallest absolute Gasteiger partial charge is 0.0446 e. The topological polar surface area (TPSA) is 0 Å². The molecule has 2 aromatic carbocycles. The molecule has 0 amide bonds. The molecular weight excluding hydrogens is 651 g/mol. The van der Waals surface area contributed by atoms with Crippen molar-refractivity contribution >= 4 is 32.7 Å². The van der Waals surface area contributed by atoms with E-state index in [1.54, 1.807) is 11.1 Å². The van der Waals surface area contributed by atoms with Gasteiger partial charge in [-0.3, -0.25) is 0 Å². The van der Waals surface area contributed by atoms with Crippen molar-refractivity contribution in [2.75, 3.05) is 0 Å². The Morgan fingerprint density at radius 2 is 0.980 bits per heavy atom. The molecule has 49 heavy (non-hydrogen) atoms. The van der Waals surface area contributed by atoms with Crippen molar-refractivity contribution in [3.05, 3.63) is 163 Å². The molecule has 0 aliphatic heterocycles. The second kappa shape index (κ2) is 14.4. The van der Waals surface area contributed by atoms with Crippen LogP contribution in [-0.2, 0) is 10.8 Å². The lowest BCUT2D eigenvalue weighted by atomic mass is 9.83. The number of hydrogen-bond acceptors (Lipinski definition) is 0. The molecule has 4 aliphatic carbocycles. The van der Waals surface area contributed by atoms with Gasteiger partial charge in [0, 0.05) is 43.2 Å². The summed E-state index contributed by atoms with van der Waals surface area (Å²) in [5.74, 6) is 1.39. The first kappa shape index (κ1) is 36.0. The van der Waals surface area contributed by atoms with E-state index in [1.807, 2.05) is 0 Å².